The van der Waals surface area contributed by atoms with Crippen molar-refractivity contribution >= 4 is 11.7 Å². The van der Waals surface area contributed by atoms with Crippen LogP contribution in [-0.4, -0.2) is 22.1 Å². The van der Waals surface area contributed by atoms with Crippen LogP contribution in [0.5, 0.6) is 5.75 Å². The van der Waals surface area contributed by atoms with Gasteiger partial charge < -0.3 is 14.6 Å². The van der Waals surface area contributed by atoms with Crippen LogP contribution in [0.4, 0.5) is 5.82 Å². The Bertz CT molecular complexity index is 615. The fraction of sp³-hybridized carbons (Fsp3) is 0.375. The Kier molecular flexibility index (Phi) is 4.62. The summed E-state index contributed by atoms with van der Waals surface area (Å²) in [5.74, 6) is 2.48. The first-order chi connectivity index (χ1) is 9.97. The van der Waals surface area contributed by atoms with Crippen LogP contribution >= 0.6 is 0 Å². The maximum absolute atomic E-state index is 11.8. The fourth-order valence-corrected chi connectivity index (χ4v) is 1.89. The van der Waals surface area contributed by atoms with Crippen LogP contribution in [0.3, 0.4) is 0 Å². The number of amides is 1. The first-order valence-electron chi connectivity index (χ1n) is 6.98. The van der Waals surface area contributed by atoms with Gasteiger partial charge in [-0.3, -0.25) is 4.79 Å². The van der Waals surface area contributed by atoms with Crippen LogP contribution < -0.4 is 10.1 Å². The average molecular weight is 287 g/mol. The molecule has 21 heavy (non-hydrogen) atoms. The molecule has 0 unspecified atom stereocenters. The summed E-state index contributed by atoms with van der Waals surface area (Å²) in [6.45, 7) is 6.13. The fourth-order valence-electron chi connectivity index (χ4n) is 1.89. The molecule has 1 heterocycles. The predicted octanol–water partition coefficient (Wildman–Crippen LogP) is 2.87. The number of carbonyl (C=O) groups excluding carboxylic acids is 1. The van der Waals surface area contributed by atoms with Crippen molar-refractivity contribution in [3.05, 3.63) is 41.9 Å². The number of nitrogens with zero attached hydrogens (tertiary/aromatic N) is 2. The number of carbonyl (C=O) groups is 1. The normalized spacial score (nSPS) is 10.7. The van der Waals surface area contributed by atoms with Gasteiger partial charge in [0.1, 0.15) is 17.4 Å². The van der Waals surface area contributed by atoms with E-state index in [0.717, 1.165) is 5.82 Å². The van der Waals surface area contributed by atoms with Gasteiger partial charge in [0, 0.05) is 7.05 Å². The van der Waals surface area contributed by atoms with Gasteiger partial charge in [0.25, 0.3) is 5.91 Å². The summed E-state index contributed by atoms with van der Waals surface area (Å²) in [5.41, 5.74) is 1.25. The molecule has 112 valence electrons. The van der Waals surface area contributed by atoms with E-state index >= 15 is 0 Å². The highest BCUT2D eigenvalue weighted by atomic mass is 16.5. The van der Waals surface area contributed by atoms with E-state index in [9.17, 15) is 4.79 Å². The summed E-state index contributed by atoms with van der Waals surface area (Å²) in [5, 5.41) is 2.77. The van der Waals surface area contributed by atoms with Gasteiger partial charge in [-0.1, -0.05) is 26.0 Å². The minimum Gasteiger partial charge on any atom is -0.484 e. The molecule has 0 fully saturated rings. The zero-order valence-electron chi connectivity index (χ0n) is 12.9. The van der Waals surface area contributed by atoms with Gasteiger partial charge in [-0.2, -0.15) is 0 Å². The second kappa shape index (κ2) is 6.43. The Labute approximate surface area is 125 Å². The number of ether oxygens (including phenoxy) is 1. The van der Waals surface area contributed by atoms with E-state index in [1.54, 1.807) is 6.20 Å². The Morgan fingerprint density at radius 3 is 2.52 bits per heavy atom. The number of aryl methyl sites for hydroxylation is 1. The lowest BCUT2D eigenvalue weighted by Crippen LogP contribution is -2.21. The van der Waals surface area contributed by atoms with Gasteiger partial charge >= 0.3 is 0 Å². The third-order valence-electron chi connectivity index (χ3n) is 3.40. The van der Waals surface area contributed by atoms with Gasteiger partial charge in [0.05, 0.1) is 6.20 Å². The Morgan fingerprint density at radius 2 is 2.00 bits per heavy atom. The van der Waals surface area contributed by atoms with Crippen LogP contribution in [0, 0.1) is 6.92 Å². The van der Waals surface area contributed by atoms with Crippen LogP contribution in [0.2, 0.25) is 0 Å². The summed E-state index contributed by atoms with van der Waals surface area (Å²) < 4.78 is 7.29. The number of hydrogen-bond acceptors (Lipinski definition) is 3. The lowest BCUT2D eigenvalue weighted by atomic mass is 10.0. The van der Waals surface area contributed by atoms with Crippen LogP contribution in [0.15, 0.2) is 30.5 Å². The highest BCUT2D eigenvalue weighted by molar-refractivity contribution is 5.91. The molecule has 0 aliphatic rings. The molecule has 1 N–H and O–H groups in total. The highest BCUT2D eigenvalue weighted by Crippen LogP contribution is 2.18. The van der Waals surface area contributed by atoms with Crippen molar-refractivity contribution in [2.45, 2.75) is 26.7 Å². The lowest BCUT2D eigenvalue weighted by molar-refractivity contribution is -0.118. The Morgan fingerprint density at radius 1 is 1.33 bits per heavy atom. The van der Waals surface area contributed by atoms with E-state index in [4.69, 9.17) is 4.74 Å². The minimum absolute atomic E-state index is 0.0226. The first-order valence-corrected chi connectivity index (χ1v) is 6.98. The highest BCUT2D eigenvalue weighted by Gasteiger charge is 2.08. The van der Waals surface area contributed by atoms with Crippen molar-refractivity contribution in [3.8, 4) is 5.75 Å². The SMILES string of the molecule is Cc1ncc(NC(=O)COc2ccc(C(C)C)cc2)n1C. The van der Waals surface area contributed by atoms with Gasteiger partial charge in [0.2, 0.25) is 0 Å². The molecule has 1 amide bonds. The lowest BCUT2D eigenvalue weighted by Gasteiger charge is -2.09. The Hall–Kier alpha value is -2.30. The molecule has 2 rings (SSSR count). The smallest absolute Gasteiger partial charge is 0.263 e. The summed E-state index contributed by atoms with van der Waals surface area (Å²) in [7, 11) is 1.85. The monoisotopic (exact) mass is 287 g/mol. The van der Waals surface area contributed by atoms with E-state index < -0.39 is 0 Å². The van der Waals surface area contributed by atoms with Crippen LogP contribution in [0.1, 0.15) is 31.2 Å². The topological polar surface area (TPSA) is 56.1 Å². The number of anilines is 1. The Balaban J connectivity index is 1.87. The number of benzene rings is 1. The summed E-state index contributed by atoms with van der Waals surface area (Å²) in [6.07, 6.45) is 1.63. The zero-order valence-corrected chi connectivity index (χ0v) is 12.9. The largest absolute Gasteiger partial charge is 0.484 e. The molecule has 0 spiro atoms. The molecule has 0 aliphatic heterocycles. The van der Waals surface area contributed by atoms with Crippen molar-refractivity contribution < 1.29 is 9.53 Å². The first kappa shape index (κ1) is 15.1. The number of rotatable bonds is 5. The average Bonchev–Trinajstić information content (AvgIpc) is 2.77. The number of aromatic nitrogens is 2. The molecule has 0 aliphatic carbocycles. The molecule has 5 heteroatoms. The number of imidazole rings is 1. The molecule has 0 bridgehead atoms. The van der Waals surface area contributed by atoms with Crippen molar-refractivity contribution in [1.82, 2.24) is 9.55 Å². The standard InChI is InChI=1S/C16H21N3O2/c1-11(2)13-5-7-14(8-6-13)21-10-16(20)18-15-9-17-12(3)19(15)4/h5-9,11H,10H2,1-4H3,(H,18,20). The van der Waals surface area contributed by atoms with Crippen molar-refractivity contribution in [2.75, 3.05) is 11.9 Å². The molecule has 1 aromatic heterocycles. The predicted molar refractivity (Wildman–Crippen MR) is 82.6 cm³/mol. The van der Waals surface area contributed by atoms with Gasteiger partial charge in [-0.25, -0.2) is 4.98 Å². The number of hydrogen-bond donors (Lipinski definition) is 1. The van der Waals surface area contributed by atoms with E-state index in [1.807, 2.05) is 42.8 Å². The maximum Gasteiger partial charge on any atom is 0.263 e. The summed E-state index contributed by atoms with van der Waals surface area (Å²) in [4.78, 5) is 16.0. The van der Waals surface area contributed by atoms with Crippen molar-refractivity contribution in [3.63, 3.8) is 0 Å². The zero-order chi connectivity index (χ0) is 15.4. The summed E-state index contributed by atoms with van der Waals surface area (Å²) >= 11 is 0. The molecular formula is C16H21N3O2. The molecular weight excluding hydrogens is 266 g/mol. The molecule has 0 atom stereocenters. The van der Waals surface area contributed by atoms with Gasteiger partial charge in [-0.15, -0.1) is 0 Å². The minimum atomic E-state index is -0.203. The summed E-state index contributed by atoms with van der Waals surface area (Å²) in [6, 6.07) is 7.80. The molecule has 2 aromatic rings. The quantitative estimate of drug-likeness (QED) is 0.920. The van der Waals surface area contributed by atoms with Gasteiger partial charge in [-0.05, 0) is 30.5 Å². The van der Waals surface area contributed by atoms with Crippen LogP contribution in [0.25, 0.3) is 0 Å². The molecule has 0 saturated heterocycles. The molecule has 0 saturated carbocycles. The second-order valence-corrected chi connectivity index (χ2v) is 5.31. The third-order valence-corrected chi connectivity index (χ3v) is 3.40. The van der Waals surface area contributed by atoms with E-state index in [1.165, 1.54) is 5.56 Å². The van der Waals surface area contributed by atoms with E-state index in [0.29, 0.717) is 17.5 Å². The third kappa shape index (κ3) is 3.84. The molecule has 5 nitrogen and oxygen atoms in total. The molecule has 1 aromatic carbocycles. The molecule has 0 radical (unpaired) electrons. The van der Waals surface area contributed by atoms with E-state index in [-0.39, 0.29) is 12.5 Å². The second-order valence-electron chi connectivity index (χ2n) is 5.31. The van der Waals surface area contributed by atoms with Crippen LogP contribution in [-0.2, 0) is 11.8 Å². The van der Waals surface area contributed by atoms with Gasteiger partial charge in [0.15, 0.2) is 6.61 Å². The van der Waals surface area contributed by atoms with E-state index in [2.05, 4.69) is 24.1 Å². The van der Waals surface area contributed by atoms with Crippen molar-refractivity contribution in [2.24, 2.45) is 7.05 Å². The number of nitrogens with one attached hydrogen (secondary N) is 1. The maximum atomic E-state index is 11.8. The van der Waals surface area contributed by atoms with Crippen molar-refractivity contribution in [1.29, 1.82) is 0 Å².